The molecule has 2 aliphatic heterocycles. The number of carbonyl (C=O) groups is 2. The minimum absolute atomic E-state index is 0.118. The van der Waals surface area contributed by atoms with Crippen LogP contribution in [0.3, 0.4) is 0 Å². The zero-order valence-electron chi connectivity index (χ0n) is 39.1. The molecular weight excluding hydrogens is 908 g/mol. The number of benzene rings is 2. The van der Waals surface area contributed by atoms with Crippen molar-refractivity contribution in [3.8, 4) is 0 Å². The van der Waals surface area contributed by atoms with Gasteiger partial charge < -0.3 is 26.8 Å². The lowest BCUT2D eigenvalue weighted by molar-refractivity contribution is 0.0696. The Bertz CT molecular complexity index is 3220. The number of fused-ring (bicyclic) bond motifs is 4. The van der Waals surface area contributed by atoms with Gasteiger partial charge in [-0.2, -0.15) is 0 Å². The van der Waals surface area contributed by atoms with Crippen LogP contribution >= 0.6 is 23.2 Å². The van der Waals surface area contributed by atoms with E-state index in [1.165, 1.54) is 46.5 Å². The Morgan fingerprint density at radius 3 is 1.67 bits per heavy atom. The third-order valence-corrected chi connectivity index (χ3v) is 13.0. The first-order valence-electron chi connectivity index (χ1n) is 23.0. The van der Waals surface area contributed by atoms with E-state index >= 15 is 0 Å². The Morgan fingerprint density at radius 2 is 1.14 bits per heavy atom. The van der Waals surface area contributed by atoms with Crippen LogP contribution in [0.1, 0.15) is 101 Å². The monoisotopic (exact) mass is 960 g/mol. The van der Waals surface area contributed by atoms with Crippen molar-refractivity contribution in [1.82, 2.24) is 35.2 Å². The summed E-state index contributed by atoms with van der Waals surface area (Å²) in [6, 6.07) is 22.4. The fraction of sp³-hybridized carbons (Fsp3) is 0.259. The number of pyridine rings is 6. The van der Waals surface area contributed by atoms with Crippen LogP contribution in [0.2, 0.25) is 10.0 Å². The minimum atomic E-state index is -0.951. The molecule has 0 saturated heterocycles. The smallest absolute Gasteiger partial charge is 0.335 e. The van der Waals surface area contributed by atoms with E-state index in [4.69, 9.17) is 39.0 Å². The lowest BCUT2D eigenvalue weighted by Crippen LogP contribution is -2.25. The molecule has 0 fully saturated rings. The number of carbonyl (C=O) groups excluding carboxylic acids is 1. The maximum absolute atomic E-state index is 13.0. The number of aryl methyl sites for hydroxylation is 2. The molecule has 6 N–H and O–H groups in total. The van der Waals surface area contributed by atoms with Crippen LogP contribution in [0, 0.1) is 27.7 Å². The van der Waals surface area contributed by atoms with Gasteiger partial charge in [-0.1, -0.05) is 35.3 Å². The molecule has 15 heteroatoms. The summed E-state index contributed by atoms with van der Waals surface area (Å²) in [7, 11) is 0. The molecule has 0 bridgehead atoms. The minimum Gasteiger partial charge on any atom is -0.478 e. The SMILES string of the molecule is Cc1nc2c(c(C)c1CN)CCCN2.Cc1nc2c(c(C)c1CNC(=O)c1ccnc(Cc3ccc4ncc(Cl)cc4c3)c1)CCCN2.O=C(O)c1ccnc(Cc2ccc3ncc(Cl)cc3c2)c1. The Balaban J connectivity index is 0.000000155. The molecule has 6 aromatic heterocycles. The molecule has 0 unspecified atom stereocenters. The average molecular weight is 962 g/mol. The maximum atomic E-state index is 13.0. The molecule has 0 spiro atoms. The molecule has 0 saturated carbocycles. The van der Waals surface area contributed by atoms with Gasteiger partial charge in [-0.05, 0) is 159 Å². The normalized spacial score (nSPS) is 12.6. The standard InChI is InChI=1S/C27H26ClN5O.C16H11ClN2O2.C11H17N3/c1-16-23-4-3-8-30-26(23)33-17(2)24(16)15-32-27(34)19-7-9-29-22(13-19)11-18-5-6-25-20(10-18)12-21(28)14-31-25;17-13-7-12-5-10(1-2-15(12)19-9-13)6-14-8-11(16(20)21)3-4-18-14;1-7-9-4-3-5-13-11(9)14-8(2)10(7)6-12/h5-7,9-10,12-14H,3-4,8,11,15H2,1-2H3,(H,30,33)(H,32,34);1-5,7-9H,6H2,(H,20,21);3-6,12H2,1-2H3,(H,13,14). The lowest BCUT2D eigenvalue weighted by Gasteiger charge is -2.22. The van der Waals surface area contributed by atoms with E-state index in [1.807, 2.05) is 62.4 Å². The summed E-state index contributed by atoms with van der Waals surface area (Å²) in [6.07, 6.45) is 12.1. The first-order valence-corrected chi connectivity index (χ1v) is 23.7. The van der Waals surface area contributed by atoms with Crippen molar-refractivity contribution in [2.24, 2.45) is 5.73 Å². The number of nitrogens with one attached hydrogen (secondary N) is 3. The number of anilines is 2. The number of nitrogens with two attached hydrogens (primary N) is 1. The van der Waals surface area contributed by atoms with Crippen LogP contribution < -0.4 is 21.7 Å². The number of hydrogen-bond donors (Lipinski definition) is 5. The second-order valence-electron chi connectivity index (χ2n) is 17.3. The van der Waals surface area contributed by atoms with Gasteiger partial charge in [0.2, 0.25) is 0 Å². The molecule has 1 amide bonds. The second-order valence-corrected chi connectivity index (χ2v) is 18.2. The van der Waals surface area contributed by atoms with E-state index in [1.54, 1.807) is 30.7 Å². The van der Waals surface area contributed by atoms with E-state index in [-0.39, 0.29) is 11.5 Å². The molecule has 2 aliphatic rings. The van der Waals surface area contributed by atoms with E-state index < -0.39 is 5.97 Å². The van der Waals surface area contributed by atoms with Crippen LogP contribution in [-0.2, 0) is 38.8 Å². The molecule has 69 heavy (non-hydrogen) atoms. The van der Waals surface area contributed by atoms with Gasteiger partial charge in [-0.15, -0.1) is 0 Å². The summed E-state index contributed by atoms with van der Waals surface area (Å²) in [5.74, 6) is 0.992. The highest BCUT2D eigenvalue weighted by molar-refractivity contribution is 6.31. The molecule has 13 nitrogen and oxygen atoms in total. The number of aromatic nitrogens is 6. The number of rotatable bonds is 9. The first-order chi connectivity index (χ1) is 33.3. The van der Waals surface area contributed by atoms with Gasteiger partial charge >= 0.3 is 5.97 Å². The van der Waals surface area contributed by atoms with E-state index in [0.717, 1.165) is 99.6 Å². The van der Waals surface area contributed by atoms with Crippen LogP contribution in [0.15, 0.2) is 97.6 Å². The van der Waals surface area contributed by atoms with Gasteiger partial charge in [0.1, 0.15) is 11.6 Å². The summed E-state index contributed by atoms with van der Waals surface area (Å²) >= 11 is 12.0. The Hall–Kier alpha value is -7.06. The fourth-order valence-electron chi connectivity index (χ4n) is 8.92. The lowest BCUT2D eigenvalue weighted by atomic mass is 9.96. The van der Waals surface area contributed by atoms with Gasteiger partial charge in [0.05, 0.1) is 26.6 Å². The van der Waals surface area contributed by atoms with Crippen LogP contribution in [0.4, 0.5) is 11.6 Å². The summed E-state index contributed by atoms with van der Waals surface area (Å²) in [5, 5.41) is 21.9. The molecular formula is C54H54Cl2N10O3. The van der Waals surface area contributed by atoms with Gasteiger partial charge in [0, 0.05) is 103 Å². The van der Waals surface area contributed by atoms with Crippen LogP contribution in [0.5, 0.6) is 0 Å². The molecule has 8 aromatic rings. The van der Waals surface area contributed by atoms with Gasteiger partial charge in [0.25, 0.3) is 5.91 Å². The van der Waals surface area contributed by atoms with Gasteiger partial charge in [-0.3, -0.25) is 24.7 Å². The first kappa shape index (κ1) is 48.4. The highest BCUT2D eigenvalue weighted by Crippen LogP contribution is 2.29. The third kappa shape index (κ3) is 11.8. The second kappa shape index (κ2) is 21.9. The summed E-state index contributed by atoms with van der Waals surface area (Å²) in [6.45, 7) is 11.4. The molecule has 0 radical (unpaired) electrons. The van der Waals surface area contributed by atoms with Gasteiger partial charge in [0.15, 0.2) is 0 Å². The summed E-state index contributed by atoms with van der Waals surface area (Å²) in [5.41, 5.74) is 21.5. The molecule has 10 rings (SSSR count). The number of halogens is 2. The number of aromatic carboxylic acids is 1. The summed E-state index contributed by atoms with van der Waals surface area (Å²) in [4.78, 5) is 50.5. The van der Waals surface area contributed by atoms with Gasteiger partial charge in [-0.25, -0.2) is 14.8 Å². The van der Waals surface area contributed by atoms with Crippen LogP contribution in [-0.4, -0.2) is 60.0 Å². The van der Waals surface area contributed by atoms with Crippen molar-refractivity contribution in [3.63, 3.8) is 0 Å². The van der Waals surface area contributed by atoms with E-state index in [0.29, 0.717) is 47.2 Å². The topological polar surface area (TPSA) is 194 Å². The van der Waals surface area contributed by atoms with Crippen LogP contribution in [0.25, 0.3) is 21.8 Å². The highest BCUT2D eigenvalue weighted by Gasteiger charge is 2.19. The third-order valence-electron chi connectivity index (χ3n) is 12.6. The quantitative estimate of drug-likeness (QED) is 0.0921. The molecule has 352 valence electrons. The largest absolute Gasteiger partial charge is 0.478 e. The van der Waals surface area contributed by atoms with E-state index in [2.05, 4.69) is 60.8 Å². The molecule has 2 aromatic carbocycles. The predicted molar refractivity (Wildman–Crippen MR) is 275 cm³/mol. The van der Waals surface area contributed by atoms with E-state index in [9.17, 15) is 9.59 Å². The average Bonchev–Trinajstić information content (AvgIpc) is 3.34. The van der Waals surface area contributed by atoms with Crippen molar-refractivity contribution in [1.29, 1.82) is 0 Å². The number of hydrogen-bond acceptors (Lipinski definition) is 11. The number of amides is 1. The van der Waals surface area contributed by atoms with Crippen molar-refractivity contribution in [3.05, 3.63) is 186 Å². The number of nitrogens with zero attached hydrogens (tertiary/aromatic N) is 6. The zero-order valence-corrected chi connectivity index (χ0v) is 40.6. The van der Waals surface area contributed by atoms with Crippen molar-refractivity contribution < 1.29 is 14.7 Å². The van der Waals surface area contributed by atoms with Crippen molar-refractivity contribution in [2.75, 3.05) is 23.7 Å². The zero-order chi connectivity index (χ0) is 48.6. The summed E-state index contributed by atoms with van der Waals surface area (Å²) < 4.78 is 0. The number of carboxylic acids is 1. The molecule has 0 atom stereocenters. The fourth-order valence-corrected chi connectivity index (χ4v) is 9.25. The Labute approximate surface area is 411 Å². The van der Waals surface area contributed by atoms with Crippen molar-refractivity contribution >= 4 is 68.5 Å². The number of carboxylic acid groups (broad SMARTS) is 1. The van der Waals surface area contributed by atoms with Crippen molar-refractivity contribution in [2.45, 2.75) is 79.3 Å². The Kier molecular flexibility index (Phi) is 15.4. The highest BCUT2D eigenvalue weighted by atomic mass is 35.5. The predicted octanol–water partition coefficient (Wildman–Crippen LogP) is 10.3. The Morgan fingerprint density at radius 1 is 0.652 bits per heavy atom. The maximum Gasteiger partial charge on any atom is 0.335 e. The molecule has 8 heterocycles. The molecule has 0 aliphatic carbocycles.